The SMILES string of the molecule is C[C@@H](NC(=O)c1cc(C(=O)N[C@H](C)c2ccccc2)n(C)n1)c1ccccc1. The number of hydrogen-bond acceptors (Lipinski definition) is 3. The Morgan fingerprint density at radius 2 is 1.29 bits per heavy atom. The molecule has 2 atom stereocenters. The summed E-state index contributed by atoms with van der Waals surface area (Å²) < 4.78 is 1.43. The average Bonchev–Trinajstić information content (AvgIpc) is 3.11. The fourth-order valence-electron chi connectivity index (χ4n) is 2.98. The number of carbonyl (C=O) groups is 2. The summed E-state index contributed by atoms with van der Waals surface area (Å²) in [6, 6.07) is 20.6. The van der Waals surface area contributed by atoms with E-state index in [2.05, 4.69) is 15.7 Å². The van der Waals surface area contributed by atoms with E-state index in [0.717, 1.165) is 11.1 Å². The summed E-state index contributed by atoms with van der Waals surface area (Å²) in [7, 11) is 1.65. The minimum atomic E-state index is -0.317. The zero-order chi connectivity index (χ0) is 20.1. The topological polar surface area (TPSA) is 76.0 Å². The molecule has 6 heteroatoms. The Morgan fingerprint density at radius 3 is 1.79 bits per heavy atom. The van der Waals surface area contributed by atoms with Crippen LogP contribution in [0.2, 0.25) is 0 Å². The lowest BCUT2D eigenvalue weighted by molar-refractivity contribution is 0.0924. The number of benzene rings is 2. The molecule has 0 aliphatic carbocycles. The molecule has 0 fully saturated rings. The third kappa shape index (κ3) is 4.46. The summed E-state index contributed by atoms with van der Waals surface area (Å²) in [5.74, 6) is -0.594. The molecule has 0 saturated carbocycles. The number of amides is 2. The molecule has 3 aromatic rings. The minimum Gasteiger partial charge on any atom is -0.344 e. The van der Waals surface area contributed by atoms with Gasteiger partial charge in [0.15, 0.2) is 5.69 Å². The first-order valence-electron chi connectivity index (χ1n) is 9.21. The van der Waals surface area contributed by atoms with Crippen LogP contribution in [0.3, 0.4) is 0 Å². The van der Waals surface area contributed by atoms with Crippen molar-refractivity contribution >= 4 is 11.8 Å². The Balaban J connectivity index is 1.68. The lowest BCUT2D eigenvalue weighted by atomic mass is 10.1. The third-order valence-corrected chi connectivity index (χ3v) is 4.64. The molecule has 1 heterocycles. The maximum Gasteiger partial charge on any atom is 0.272 e. The number of rotatable bonds is 6. The summed E-state index contributed by atoms with van der Waals surface area (Å²) in [5.41, 5.74) is 2.55. The van der Waals surface area contributed by atoms with Crippen LogP contribution in [0.4, 0.5) is 0 Å². The Bertz CT molecular complexity index is 951. The van der Waals surface area contributed by atoms with E-state index in [-0.39, 0.29) is 29.6 Å². The summed E-state index contributed by atoms with van der Waals surface area (Å²) in [6.07, 6.45) is 0. The van der Waals surface area contributed by atoms with Gasteiger partial charge in [0.2, 0.25) is 0 Å². The quantitative estimate of drug-likeness (QED) is 0.692. The van der Waals surface area contributed by atoms with Crippen molar-refractivity contribution in [1.29, 1.82) is 0 Å². The van der Waals surface area contributed by atoms with Crippen molar-refractivity contribution in [2.75, 3.05) is 0 Å². The Kier molecular flexibility index (Phi) is 5.89. The molecule has 144 valence electrons. The number of aromatic nitrogens is 2. The summed E-state index contributed by atoms with van der Waals surface area (Å²) in [6.45, 7) is 3.82. The molecule has 0 aliphatic heterocycles. The van der Waals surface area contributed by atoms with Gasteiger partial charge in [-0.05, 0) is 25.0 Å². The van der Waals surface area contributed by atoms with Crippen LogP contribution in [-0.2, 0) is 7.05 Å². The van der Waals surface area contributed by atoms with Crippen LogP contribution < -0.4 is 10.6 Å². The van der Waals surface area contributed by atoms with Gasteiger partial charge in [0, 0.05) is 13.1 Å². The summed E-state index contributed by atoms with van der Waals surface area (Å²) in [4.78, 5) is 25.2. The number of nitrogens with one attached hydrogen (secondary N) is 2. The number of hydrogen-bond donors (Lipinski definition) is 2. The molecular formula is C22H24N4O2. The van der Waals surface area contributed by atoms with Crippen molar-refractivity contribution < 1.29 is 9.59 Å². The molecule has 2 aromatic carbocycles. The first-order valence-corrected chi connectivity index (χ1v) is 9.21. The molecule has 0 aliphatic rings. The highest BCUT2D eigenvalue weighted by Gasteiger charge is 2.20. The van der Waals surface area contributed by atoms with Gasteiger partial charge in [0.25, 0.3) is 11.8 Å². The van der Waals surface area contributed by atoms with Gasteiger partial charge in [-0.2, -0.15) is 5.10 Å². The molecule has 6 nitrogen and oxygen atoms in total. The predicted molar refractivity (Wildman–Crippen MR) is 108 cm³/mol. The molecule has 0 saturated heterocycles. The lowest BCUT2D eigenvalue weighted by Gasteiger charge is -2.14. The van der Waals surface area contributed by atoms with Gasteiger partial charge in [-0.1, -0.05) is 60.7 Å². The largest absolute Gasteiger partial charge is 0.344 e. The third-order valence-electron chi connectivity index (χ3n) is 4.64. The first-order chi connectivity index (χ1) is 13.5. The highest BCUT2D eigenvalue weighted by molar-refractivity contribution is 5.98. The van der Waals surface area contributed by atoms with E-state index in [1.807, 2.05) is 74.5 Å². The second-order valence-corrected chi connectivity index (χ2v) is 6.75. The Labute approximate surface area is 164 Å². The summed E-state index contributed by atoms with van der Waals surface area (Å²) in [5, 5.41) is 10.1. The molecular weight excluding hydrogens is 352 g/mol. The van der Waals surface area contributed by atoms with Crippen LogP contribution in [0.15, 0.2) is 66.7 Å². The molecule has 0 radical (unpaired) electrons. The zero-order valence-corrected chi connectivity index (χ0v) is 16.2. The summed E-state index contributed by atoms with van der Waals surface area (Å²) >= 11 is 0. The Morgan fingerprint density at radius 1 is 0.821 bits per heavy atom. The van der Waals surface area contributed by atoms with E-state index in [1.54, 1.807) is 7.05 Å². The van der Waals surface area contributed by atoms with E-state index >= 15 is 0 Å². The van der Waals surface area contributed by atoms with Gasteiger partial charge in [0.05, 0.1) is 12.1 Å². The van der Waals surface area contributed by atoms with Crippen molar-refractivity contribution in [2.45, 2.75) is 25.9 Å². The molecule has 3 rings (SSSR count). The van der Waals surface area contributed by atoms with Gasteiger partial charge in [0.1, 0.15) is 5.69 Å². The van der Waals surface area contributed by atoms with Gasteiger partial charge >= 0.3 is 0 Å². The van der Waals surface area contributed by atoms with Crippen LogP contribution in [0, 0.1) is 0 Å². The predicted octanol–water partition coefficient (Wildman–Crippen LogP) is 3.40. The van der Waals surface area contributed by atoms with Crippen molar-refractivity contribution in [3.63, 3.8) is 0 Å². The number of nitrogens with zero attached hydrogens (tertiary/aromatic N) is 2. The van der Waals surface area contributed by atoms with E-state index in [0.29, 0.717) is 5.69 Å². The van der Waals surface area contributed by atoms with Crippen LogP contribution in [0.25, 0.3) is 0 Å². The lowest BCUT2D eigenvalue weighted by Crippen LogP contribution is -2.28. The second kappa shape index (κ2) is 8.52. The van der Waals surface area contributed by atoms with E-state index in [9.17, 15) is 9.59 Å². The first kappa shape index (κ1) is 19.4. The zero-order valence-electron chi connectivity index (χ0n) is 16.2. The van der Waals surface area contributed by atoms with Crippen LogP contribution in [0.1, 0.15) is 58.0 Å². The van der Waals surface area contributed by atoms with Crippen molar-refractivity contribution in [1.82, 2.24) is 20.4 Å². The molecule has 0 bridgehead atoms. The van der Waals surface area contributed by atoms with Crippen molar-refractivity contribution in [3.05, 3.63) is 89.2 Å². The highest BCUT2D eigenvalue weighted by Crippen LogP contribution is 2.14. The van der Waals surface area contributed by atoms with Crippen LogP contribution in [0.5, 0.6) is 0 Å². The van der Waals surface area contributed by atoms with Crippen molar-refractivity contribution in [3.8, 4) is 0 Å². The molecule has 2 amide bonds. The molecule has 0 spiro atoms. The van der Waals surface area contributed by atoms with Crippen LogP contribution >= 0.6 is 0 Å². The van der Waals surface area contributed by atoms with Gasteiger partial charge in [-0.3, -0.25) is 14.3 Å². The maximum absolute atomic E-state index is 12.6. The molecule has 1 aromatic heterocycles. The van der Waals surface area contributed by atoms with E-state index < -0.39 is 0 Å². The highest BCUT2D eigenvalue weighted by atomic mass is 16.2. The molecule has 2 N–H and O–H groups in total. The molecule has 0 unspecified atom stereocenters. The minimum absolute atomic E-state index is 0.154. The van der Waals surface area contributed by atoms with Crippen molar-refractivity contribution in [2.24, 2.45) is 7.05 Å². The maximum atomic E-state index is 12.6. The fourth-order valence-corrected chi connectivity index (χ4v) is 2.98. The molecule has 28 heavy (non-hydrogen) atoms. The van der Waals surface area contributed by atoms with Gasteiger partial charge < -0.3 is 10.6 Å². The number of carbonyl (C=O) groups excluding carboxylic acids is 2. The van der Waals surface area contributed by atoms with Gasteiger partial charge in [-0.25, -0.2) is 0 Å². The van der Waals surface area contributed by atoms with E-state index in [4.69, 9.17) is 0 Å². The standard InChI is InChI=1S/C22H24N4O2/c1-15(17-10-6-4-7-11-17)23-21(27)19-14-20(26(3)25-19)22(28)24-16(2)18-12-8-5-9-13-18/h4-16H,1-3H3,(H,23,27)(H,24,28)/t15-,16-/m1/s1. The average molecular weight is 376 g/mol. The normalized spacial score (nSPS) is 12.8. The van der Waals surface area contributed by atoms with Crippen LogP contribution in [-0.4, -0.2) is 21.6 Å². The second-order valence-electron chi connectivity index (χ2n) is 6.75. The fraction of sp³-hybridized carbons (Fsp3) is 0.227. The number of aryl methyl sites for hydroxylation is 1. The van der Waals surface area contributed by atoms with E-state index in [1.165, 1.54) is 10.7 Å². The Hall–Kier alpha value is -3.41. The smallest absolute Gasteiger partial charge is 0.272 e. The monoisotopic (exact) mass is 376 g/mol. The van der Waals surface area contributed by atoms with Gasteiger partial charge in [-0.15, -0.1) is 0 Å².